The van der Waals surface area contributed by atoms with E-state index in [1.807, 2.05) is 61.2 Å². The number of piperazine rings is 1. The highest BCUT2D eigenvalue weighted by molar-refractivity contribution is 5.94. The van der Waals surface area contributed by atoms with Crippen molar-refractivity contribution in [1.29, 1.82) is 0 Å². The summed E-state index contributed by atoms with van der Waals surface area (Å²) in [6.45, 7) is 8.79. The summed E-state index contributed by atoms with van der Waals surface area (Å²) >= 11 is 0. The molecule has 0 N–H and O–H groups in total. The predicted octanol–water partition coefficient (Wildman–Crippen LogP) is 2.85. The zero-order chi connectivity index (χ0) is 23.7. The van der Waals surface area contributed by atoms with Crippen molar-refractivity contribution in [2.24, 2.45) is 0 Å². The van der Waals surface area contributed by atoms with Crippen molar-refractivity contribution in [2.45, 2.75) is 26.8 Å². The third-order valence-corrected chi connectivity index (χ3v) is 6.30. The number of carbonyl (C=O) groups excluding carboxylic acids is 1. The van der Waals surface area contributed by atoms with Crippen LogP contribution >= 0.6 is 0 Å². The van der Waals surface area contributed by atoms with Crippen LogP contribution in [-0.4, -0.2) is 72.2 Å². The number of aryl methyl sites for hydroxylation is 2. The number of rotatable bonds is 5. The fourth-order valence-electron chi connectivity index (χ4n) is 4.19. The summed E-state index contributed by atoms with van der Waals surface area (Å²) in [5.74, 6) is 1.21. The van der Waals surface area contributed by atoms with Gasteiger partial charge in [0.25, 0.3) is 5.91 Å². The largest absolute Gasteiger partial charge is 0.337 e. The summed E-state index contributed by atoms with van der Waals surface area (Å²) in [6.07, 6.45) is 1.54. The van der Waals surface area contributed by atoms with E-state index in [0.29, 0.717) is 30.4 Å². The molecule has 1 unspecified atom stereocenters. The normalized spacial score (nSPS) is 15.4. The molecule has 0 aliphatic carbocycles. The first-order chi connectivity index (χ1) is 16.5. The molecule has 0 spiro atoms. The van der Waals surface area contributed by atoms with Gasteiger partial charge >= 0.3 is 0 Å². The third kappa shape index (κ3) is 4.32. The van der Waals surface area contributed by atoms with Crippen molar-refractivity contribution in [3.8, 4) is 17.1 Å². The maximum atomic E-state index is 13.1. The van der Waals surface area contributed by atoms with Crippen molar-refractivity contribution in [3.05, 3.63) is 71.4 Å². The maximum absolute atomic E-state index is 13.1. The summed E-state index contributed by atoms with van der Waals surface area (Å²) in [6, 6.07) is 13.6. The quantitative estimate of drug-likeness (QED) is 0.449. The molecule has 1 aliphatic heterocycles. The Morgan fingerprint density at radius 2 is 1.79 bits per heavy atom. The lowest BCUT2D eigenvalue weighted by atomic mass is 10.1. The average Bonchev–Trinajstić information content (AvgIpc) is 3.57. The number of carbonyl (C=O) groups is 1. The molecule has 1 saturated heterocycles. The van der Waals surface area contributed by atoms with Gasteiger partial charge in [0.05, 0.1) is 11.7 Å². The number of nitrogens with zero attached hydrogens (tertiary/aromatic N) is 8. The Morgan fingerprint density at radius 1 is 1.03 bits per heavy atom. The van der Waals surface area contributed by atoms with Crippen LogP contribution in [-0.2, 0) is 0 Å². The molecule has 0 saturated carbocycles. The molecule has 5 rings (SSSR count). The molecule has 1 amide bonds. The zero-order valence-electron chi connectivity index (χ0n) is 19.4. The average molecular weight is 459 g/mol. The van der Waals surface area contributed by atoms with Crippen LogP contribution in [0.4, 0.5) is 0 Å². The van der Waals surface area contributed by atoms with Gasteiger partial charge in [0.2, 0.25) is 11.7 Å². The highest BCUT2D eigenvalue weighted by Gasteiger charge is 2.28. The Morgan fingerprint density at radius 3 is 2.47 bits per heavy atom. The van der Waals surface area contributed by atoms with Crippen LogP contribution < -0.4 is 0 Å². The second-order valence-electron chi connectivity index (χ2n) is 8.58. The van der Waals surface area contributed by atoms with Crippen LogP contribution in [0.1, 0.15) is 40.3 Å². The molecule has 3 heterocycles. The van der Waals surface area contributed by atoms with E-state index in [1.165, 1.54) is 11.9 Å². The lowest BCUT2D eigenvalue weighted by molar-refractivity contribution is 0.0551. The first kappa shape index (κ1) is 21.9. The SMILES string of the molecule is Cc1ccc(-c2noc(C(C)N3CCN(C(=O)c4ccc(-n5cnnn5)c(C)c4)CC3)n2)cc1. The highest BCUT2D eigenvalue weighted by atomic mass is 16.5. The van der Waals surface area contributed by atoms with E-state index in [-0.39, 0.29) is 11.9 Å². The van der Waals surface area contributed by atoms with Crippen LogP contribution in [0.2, 0.25) is 0 Å². The van der Waals surface area contributed by atoms with E-state index in [9.17, 15) is 4.79 Å². The van der Waals surface area contributed by atoms with E-state index in [2.05, 4.69) is 37.5 Å². The van der Waals surface area contributed by atoms with E-state index in [4.69, 9.17) is 4.52 Å². The third-order valence-electron chi connectivity index (χ3n) is 6.30. The van der Waals surface area contributed by atoms with Crippen LogP contribution in [0.5, 0.6) is 0 Å². The molecule has 1 atom stereocenters. The number of aromatic nitrogens is 6. The second-order valence-corrected chi connectivity index (χ2v) is 8.58. The van der Waals surface area contributed by atoms with Gasteiger partial charge in [-0.2, -0.15) is 4.98 Å². The molecule has 34 heavy (non-hydrogen) atoms. The molecular weight excluding hydrogens is 432 g/mol. The second kappa shape index (κ2) is 9.14. The molecule has 10 heteroatoms. The highest BCUT2D eigenvalue weighted by Crippen LogP contribution is 2.24. The minimum absolute atomic E-state index is 0.0260. The zero-order valence-corrected chi connectivity index (χ0v) is 19.4. The summed E-state index contributed by atoms with van der Waals surface area (Å²) in [4.78, 5) is 21.9. The Balaban J connectivity index is 1.21. The first-order valence-electron chi connectivity index (χ1n) is 11.3. The Kier molecular flexibility index (Phi) is 5.89. The van der Waals surface area contributed by atoms with E-state index in [1.54, 1.807) is 4.68 Å². The predicted molar refractivity (Wildman–Crippen MR) is 124 cm³/mol. The van der Waals surface area contributed by atoms with Crippen LogP contribution in [0.25, 0.3) is 17.1 Å². The molecule has 174 valence electrons. The van der Waals surface area contributed by atoms with Gasteiger partial charge in [0.15, 0.2) is 0 Å². The van der Waals surface area contributed by atoms with Crippen LogP contribution in [0, 0.1) is 13.8 Å². The van der Waals surface area contributed by atoms with E-state index < -0.39 is 0 Å². The number of hydrogen-bond donors (Lipinski definition) is 0. The fourth-order valence-corrected chi connectivity index (χ4v) is 4.19. The smallest absolute Gasteiger partial charge is 0.253 e. The number of amides is 1. The minimum Gasteiger partial charge on any atom is -0.337 e. The summed E-state index contributed by atoms with van der Waals surface area (Å²) in [7, 11) is 0. The topological polar surface area (TPSA) is 106 Å². The molecule has 1 fully saturated rings. The molecule has 1 aliphatic rings. The molecular formula is C24H26N8O2. The molecule has 2 aromatic carbocycles. The van der Waals surface area contributed by atoms with Crippen molar-refractivity contribution in [3.63, 3.8) is 0 Å². The first-order valence-corrected chi connectivity index (χ1v) is 11.3. The van der Waals surface area contributed by atoms with Gasteiger partial charge in [-0.3, -0.25) is 9.69 Å². The Hall–Kier alpha value is -3.92. The molecule has 4 aromatic rings. The number of tetrazole rings is 1. The monoisotopic (exact) mass is 458 g/mol. The van der Waals surface area contributed by atoms with Gasteiger partial charge in [-0.15, -0.1) is 5.10 Å². The summed E-state index contributed by atoms with van der Waals surface area (Å²) in [5, 5.41) is 15.4. The van der Waals surface area contributed by atoms with Crippen LogP contribution in [0.3, 0.4) is 0 Å². The van der Waals surface area contributed by atoms with Crippen LogP contribution in [0.15, 0.2) is 53.3 Å². The van der Waals surface area contributed by atoms with Crippen molar-refractivity contribution >= 4 is 5.91 Å². The molecule has 10 nitrogen and oxygen atoms in total. The summed E-state index contributed by atoms with van der Waals surface area (Å²) in [5.41, 5.74) is 4.57. The molecule has 0 bridgehead atoms. The molecule has 0 radical (unpaired) electrons. The van der Waals surface area contributed by atoms with Crippen molar-refractivity contribution in [1.82, 2.24) is 40.1 Å². The van der Waals surface area contributed by atoms with Crippen molar-refractivity contribution in [2.75, 3.05) is 26.2 Å². The number of hydrogen-bond acceptors (Lipinski definition) is 8. The number of benzene rings is 2. The van der Waals surface area contributed by atoms with Gasteiger partial charge in [-0.1, -0.05) is 35.0 Å². The lowest BCUT2D eigenvalue weighted by Crippen LogP contribution is -2.49. The van der Waals surface area contributed by atoms with Gasteiger partial charge < -0.3 is 9.42 Å². The minimum atomic E-state index is -0.0261. The Bertz CT molecular complexity index is 1270. The van der Waals surface area contributed by atoms with E-state index >= 15 is 0 Å². The van der Waals surface area contributed by atoms with Gasteiger partial charge in [-0.25, -0.2) is 4.68 Å². The summed E-state index contributed by atoms with van der Waals surface area (Å²) < 4.78 is 7.15. The van der Waals surface area contributed by atoms with Gasteiger partial charge in [-0.05, 0) is 55.0 Å². The maximum Gasteiger partial charge on any atom is 0.253 e. The van der Waals surface area contributed by atoms with Gasteiger partial charge in [0, 0.05) is 37.3 Å². The van der Waals surface area contributed by atoms with Gasteiger partial charge in [0.1, 0.15) is 6.33 Å². The molecule has 2 aromatic heterocycles. The van der Waals surface area contributed by atoms with Crippen molar-refractivity contribution < 1.29 is 9.32 Å². The fraction of sp³-hybridized carbons (Fsp3) is 0.333. The van der Waals surface area contributed by atoms with E-state index in [0.717, 1.165) is 29.9 Å². The Labute approximate surface area is 197 Å². The lowest BCUT2D eigenvalue weighted by Gasteiger charge is -2.36. The standard InChI is InChI=1S/C24H26N8O2/c1-16-4-6-19(7-5-16)22-26-23(34-27-22)18(3)30-10-12-31(13-11-30)24(33)20-8-9-21(17(2)14-20)32-15-25-28-29-32/h4-9,14-15,18H,10-13H2,1-3H3.